The van der Waals surface area contributed by atoms with Crippen LogP contribution in [-0.4, -0.2) is 20.9 Å². The summed E-state index contributed by atoms with van der Waals surface area (Å²) in [4.78, 5) is 12.7. The number of hydrogen-bond donors (Lipinski definition) is 1. The summed E-state index contributed by atoms with van der Waals surface area (Å²) in [5.74, 6) is -1.30. The predicted molar refractivity (Wildman–Crippen MR) is 112 cm³/mol. The topological polar surface area (TPSA) is 66.5 Å². The number of nitrogens with zero attached hydrogens (tertiary/aromatic N) is 1. The minimum absolute atomic E-state index is 0.0252. The molecule has 5 nitrogen and oxygen atoms in total. The number of nitrogens with one attached hydrogen (secondary N) is 1. The summed E-state index contributed by atoms with van der Waals surface area (Å²) in [6, 6.07) is 18.7. The SMILES string of the molecule is Cc1ccc(C)c(NC(=O)CN(c2ccccc2F)S(=O)(=O)c2ccccc2)c1. The van der Waals surface area contributed by atoms with E-state index in [2.05, 4.69) is 5.32 Å². The van der Waals surface area contributed by atoms with Crippen LogP contribution < -0.4 is 9.62 Å². The Bertz CT molecular complexity index is 1130. The molecule has 0 aliphatic rings. The molecule has 3 aromatic carbocycles. The smallest absolute Gasteiger partial charge is 0.264 e. The molecule has 1 amide bonds. The highest BCUT2D eigenvalue weighted by atomic mass is 32.2. The first kappa shape index (κ1) is 20.5. The summed E-state index contributed by atoms with van der Waals surface area (Å²) in [6.45, 7) is 3.16. The maximum atomic E-state index is 14.4. The van der Waals surface area contributed by atoms with E-state index in [0.717, 1.165) is 21.5 Å². The van der Waals surface area contributed by atoms with Gasteiger partial charge in [0, 0.05) is 5.69 Å². The summed E-state index contributed by atoms with van der Waals surface area (Å²) in [7, 11) is -4.15. The first-order valence-electron chi connectivity index (χ1n) is 8.98. The van der Waals surface area contributed by atoms with Gasteiger partial charge in [0.2, 0.25) is 5.91 Å². The summed E-state index contributed by atoms with van der Waals surface area (Å²) in [5, 5.41) is 2.73. The average molecular weight is 412 g/mol. The van der Waals surface area contributed by atoms with Crippen molar-refractivity contribution >= 4 is 27.3 Å². The van der Waals surface area contributed by atoms with E-state index >= 15 is 0 Å². The first-order valence-corrected chi connectivity index (χ1v) is 10.4. The van der Waals surface area contributed by atoms with Crippen molar-refractivity contribution in [1.82, 2.24) is 0 Å². The Morgan fingerprint density at radius 3 is 2.31 bits per heavy atom. The fourth-order valence-corrected chi connectivity index (χ4v) is 4.31. The van der Waals surface area contributed by atoms with Crippen LogP contribution in [0, 0.1) is 19.7 Å². The molecule has 0 aromatic heterocycles. The fraction of sp³-hybridized carbons (Fsp3) is 0.136. The van der Waals surface area contributed by atoms with Gasteiger partial charge < -0.3 is 5.32 Å². The van der Waals surface area contributed by atoms with Crippen molar-refractivity contribution < 1.29 is 17.6 Å². The lowest BCUT2D eigenvalue weighted by molar-refractivity contribution is -0.114. The van der Waals surface area contributed by atoms with E-state index in [1.807, 2.05) is 26.0 Å². The van der Waals surface area contributed by atoms with Crippen LogP contribution in [0.1, 0.15) is 11.1 Å². The van der Waals surface area contributed by atoms with Crippen molar-refractivity contribution in [1.29, 1.82) is 0 Å². The molecule has 0 aliphatic heterocycles. The van der Waals surface area contributed by atoms with E-state index in [1.165, 1.54) is 30.3 Å². The Labute approximate surface area is 169 Å². The van der Waals surface area contributed by atoms with E-state index in [0.29, 0.717) is 5.69 Å². The van der Waals surface area contributed by atoms with Crippen LogP contribution in [0.15, 0.2) is 77.7 Å². The normalized spacial score (nSPS) is 11.1. The lowest BCUT2D eigenvalue weighted by Gasteiger charge is -2.24. The maximum absolute atomic E-state index is 14.4. The number of carbonyl (C=O) groups is 1. The molecule has 7 heteroatoms. The van der Waals surface area contributed by atoms with Crippen LogP contribution in [0.25, 0.3) is 0 Å². The van der Waals surface area contributed by atoms with Gasteiger partial charge in [-0.3, -0.25) is 9.10 Å². The van der Waals surface area contributed by atoms with Crippen molar-refractivity contribution in [2.24, 2.45) is 0 Å². The quantitative estimate of drug-likeness (QED) is 0.657. The molecule has 0 radical (unpaired) electrons. The van der Waals surface area contributed by atoms with Crippen LogP contribution in [0.3, 0.4) is 0 Å². The molecule has 150 valence electrons. The summed E-state index contributed by atoms with van der Waals surface area (Å²) < 4.78 is 41.6. The summed E-state index contributed by atoms with van der Waals surface area (Å²) in [6.07, 6.45) is 0. The molecule has 29 heavy (non-hydrogen) atoms. The van der Waals surface area contributed by atoms with Crippen LogP contribution in [-0.2, 0) is 14.8 Å². The molecule has 3 aromatic rings. The highest BCUT2D eigenvalue weighted by Crippen LogP contribution is 2.26. The second kappa shape index (κ2) is 8.45. The molecule has 1 N–H and O–H groups in total. The average Bonchev–Trinajstić information content (AvgIpc) is 2.70. The minimum atomic E-state index is -4.15. The minimum Gasteiger partial charge on any atom is -0.324 e. The lowest BCUT2D eigenvalue weighted by atomic mass is 10.1. The summed E-state index contributed by atoms with van der Waals surface area (Å²) in [5.41, 5.74) is 2.19. The second-order valence-corrected chi connectivity index (χ2v) is 8.51. The van der Waals surface area contributed by atoms with Gasteiger partial charge >= 0.3 is 0 Å². The van der Waals surface area contributed by atoms with Crippen molar-refractivity contribution in [3.63, 3.8) is 0 Å². The highest BCUT2D eigenvalue weighted by Gasteiger charge is 2.29. The van der Waals surface area contributed by atoms with Gasteiger partial charge in [-0.15, -0.1) is 0 Å². The molecular formula is C22H21FN2O3S. The number of anilines is 2. The third-order valence-corrected chi connectivity index (χ3v) is 6.18. The van der Waals surface area contributed by atoms with Gasteiger partial charge in [-0.05, 0) is 55.3 Å². The van der Waals surface area contributed by atoms with Crippen LogP contribution in [0.2, 0.25) is 0 Å². The first-order chi connectivity index (χ1) is 13.8. The standard InChI is InChI=1S/C22H21FN2O3S/c1-16-12-13-17(2)20(14-16)24-22(26)15-25(21-11-7-6-10-19(21)23)29(27,28)18-8-4-3-5-9-18/h3-14H,15H2,1-2H3,(H,24,26). The predicted octanol–water partition coefficient (Wildman–Crippen LogP) is 4.28. The third kappa shape index (κ3) is 4.63. The van der Waals surface area contributed by atoms with Gasteiger partial charge in [0.25, 0.3) is 10.0 Å². The molecule has 3 rings (SSSR count). The highest BCUT2D eigenvalue weighted by molar-refractivity contribution is 7.92. The van der Waals surface area contributed by atoms with E-state index < -0.39 is 28.3 Å². The van der Waals surface area contributed by atoms with Gasteiger partial charge in [0.1, 0.15) is 12.4 Å². The number of aryl methyl sites for hydroxylation is 2. The number of halogens is 1. The Balaban J connectivity index is 1.97. The van der Waals surface area contributed by atoms with Crippen molar-refractivity contribution in [3.05, 3.63) is 89.7 Å². The number of rotatable bonds is 6. The Morgan fingerprint density at radius 1 is 0.966 bits per heavy atom. The van der Waals surface area contributed by atoms with Gasteiger partial charge in [-0.25, -0.2) is 12.8 Å². The van der Waals surface area contributed by atoms with E-state index in [1.54, 1.807) is 24.3 Å². The van der Waals surface area contributed by atoms with Crippen LogP contribution >= 0.6 is 0 Å². The van der Waals surface area contributed by atoms with Crippen molar-refractivity contribution in [2.75, 3.05) is 16.2 Å². The largest absolute Gasteiger partial charge is 0.324 e. The fourth-order valence-electron chi connectivity index (χ4n) is 2.86. The third-order valence-electron chi connectivity index (χ3n) is 4.41. The zero-order chi connectivity index (χ0) is 21.0. The van der Waals surface area contributed by atoms with E-state index in [9.17, 15) is 17.6 Å². The zero-order valence-electron chi connectivity index (χ0n) is 16.1. The molecule has 0 unspecified atom stereocenters. The molecule has 0 aliphatic carbocycles. The zero-order valence-corrected chi connectivity index (χ0v) is 16.9. The van der Waals surface area contributed by atoms with E-state index in [4.69, 9.17) is 0 Å². The van der Waals surface area contributed by atoms with Crippen molar-refractivity contribution in [2.45, 2.75) is 18.7 Å². The number of hydrogen-bond acceptors (Lipinski definition) is 3. The second-order valence-electron chi connectivity index (χ2n) is 6.64. The molecule has 0 bridgehead atoms. The van der Waals surface area contributed by atoms with Crippen LogP contribution in [0.5, 0.6) is 0 Å². The summed E-state index contributed by atoms with van der Waals surface area (Å²) >= 11 is 0. The molecule has 0 heterocycles. The number of amides is 1. The molecule has 0 spiro atoms. The molecule has 0 saturated carbocycles. The molecule has 0 fully saturated rings. The number of para-hydroxylation sites is 1. The number of sulfonamides is 1. The molecule has 0 saturated heterocycles. The number of benzene rings is 3. The van der Waals surface area contributed by atoms with Crippen molar-refractivity contribution in [3.8, 4) is 0 Å². The Kier molecular flexibility index (Phi) is 5.98. The van der Waals surface area contributed by atoms with Gasteiger partial charge in [-0.1, -0.05) is 42.5 Å². The maximum Gasteiger partial charge on any atom is 0.264 e. The van der Waals surface area contributed by atoms with Gasteiger partial charge in [0.05, 0.1) is 10.6 Å². The Morgan fingerprint density at radius 2 is 1.62 bits per heavy atom. The van der Waals surface area contributed by atoms with Crippen LogP contribution in [0.4, 0.5) is 15.8 Å². The monoisotopic (exact) mass is 412 g/mol. The molecule has 0 atom stereocenters. The lowest BCUT2D eigenvalue weighted by Crippen LogP contribution is -2.38. The van der Waals surface area contributed by atoms with E-state index in [-0.39, 0.29) is 10.6 Å². The number of carbonyl (C=O) groups excluding carboxylic acids is 1. The molecular weight excluding hydrogens is 391 g/mol. The van der Waals surface area contributed by atoms with Gasteiger partial charge in [0.15, 0.2) is 0 Å². The Hall–Kier alpha value is -3.19. The van der Waals surface area contributed by atoms with Gasteiger partial charge in [-0.2, -0.15) is 0 Å².